The van der Waals surface area contributed by atoms with Crippen LogP contribution >= 0.6 is 0 Å². The topological polar surface area (TPSA) is 0 Å². The Balaban J connectivity index is 1.88. The number of hydrogen-bond acceptors (Lipinski definition) is 0. The Bertz CT molecular complexity index is 676. The second kappa shape index (κ2) is 4.09. The van der Waals surface area contributed by atoms with E-state index in [9.17, 15) is 0 Å². The van der Waals surface area contributed by atoms with Crippen molar-refractivity contribution in [1.29, 1.82) is 0 Å². The number of hydrogen-bond donors (Lipinski definition) is 0. The van der Waals surface area contributed by atoms with Crippen LogP contribution in [0.3, 0.4) is 0 Å². The minimum absolute atomic E-state index is 0.745. The molecule has 0 aromatic heterocycles. The lowest BCUT2D eigenvalue weighted by atomic mass is 9.95. The van der Waals surface area contributed by atoms with Gasteiger partial charge in [0.1, 0.15) is 0 Å². The van der Waals surface area contributed by atoms with Crippen molar-refractivity contribution in [2.45, 2.75) is 26.2 Å². The van der Waals surface area contributed by atoms with E-state index < -0.39 is 0 Å². The molecule has 0 bridgehead atoms. The van der Waals surface area contributed by atoms with Gasteiger partial charge in [-0.15, -0.1) is 0 Å². The van der Waals surface area contributed by atoms with Gasteiger partial charge in [-0.1, -0.05) is 55.5 Å². The molecule has 0 saturated heterocycles. The van der Waals surface area contributed by atoms with E-state index >= 15 is 0 Å². The number of allylic oxidation sites excluding steroid dienone is 2. The van der Waals surface area contributed by atoms with Crippen molar-refractivity contribution in [3.63, 3.8) is 0 Å². The molecule has 2 aromatic rings. The second-order valence-corrected chi connectivity index (χ2v) is 5.87. The highest BCUT2D eigenvalue weighted by Gasteiger charge is 2.23. The summed E-state index contributed by atoms with van der Waals surface area (Å²) in [5.74, 6) is 0.745. The molecule has 0 amide bonds. The molecule has 1 unspecified atom stereocenters. The molecule has 0 nitrogen and oxygen atoms in total. The first-order valence-electron chi connectivity index (χ1n) is 7.24. The average Bonchev–Trinajstić information content (AvgIpc) is 3.02. The molecule has 94 valence electrons. The van der Waals surface area contributed by atoms with Gasteiger partial charge in [0.25, 0.3) is 0 Å². The van der Waals surface area contributed by atoms with Crippen LogP contribution in [0.1, 0.15) is 36.5 Å². The van der Waals surface area contributed by atoms with E-state index in [2.05, 4.69) is 55.5 Å². The maximum absolute atomic E-state index is 2.47. The largest absolute Gasteiger partial charge is 0.0779 e. The Kier molecular flexibility index (Phi) is 2.38. The van der Waals surface area contributed by atoms with E-state index in [0.717, 1.165) is 12.3 Å². The SMILES string of the molecule is CC1C=C(c2cccc3c2Cc2ccccc2-3)CC1. The summed E-state index contributed by atoms with van der Waals surface area (Å²) < 4.78 is 0. The zero-order chi connectivity index (χ0) is 12.8. The van der Waals surface area contributed by atoms with Crippen molar-refractivity contribution in [1.82, 2.24) is 0 Å². The van der Waals surface area contributed by atoms with Gasteiger partial charge in [0.2, 0.25) is 0 Å². The summed E-state index contributed by atoms with van der Waals surface area (Å²) in [5, 5.41) is 0. The summed E-state index contributed by atoms with van der Waals surface area (Å²) >= 11 is 0. The van der Waals surface area contributed by atoms with Crippen LogP contribution < -0.4 is 0 Å². The maximum atomic E-state index is 2.47. The molecule has 2 aromatic carbocycles. The highest BCUT2D eigenvalue weighted by Crippen LogP contribution is 2.42. The summed E-state index contributed by atoms with van der Waals surface area (Å²) in [6, 6.07) is 15.7. The fourth-order valence-corrected chi connectivity index (χ4v) is 3.58. The van der Waals surface area contributed by atoms with E-state index in [0.29, 0.717) is 0 Å². The summed E-state index contributed by atoms with van der Waals surface area (Å²) in [4.78, 5) is 0. The molecule has 0 aliphatic heterocycles. The van der Waals surface area contributed by atoms with Crippen LogP contribution in [0.4, 0.5) is 0 Å². The third kappa shape index (κ3) is 1.67. The average molecular weight is 246 g/mol. The van der Waals surface area contributed by atoms with Crippen molar-refractivity contribution < 1.29 is 0 Å². The second-order valence-electron chi connectivity index (χ2n) is 5.87. The number of benzene rings is 2. The van der Waals surface area contributed by atoms with Crippen LogP contribution in [0.5, 0.6) is 0 Å². The van der Waals surface area contributed by atoms with Crippen molar-refractivity contribution in [2.75, 3.05) is 0 Å². The van der Waals surface area contributed by atoms with E-state index in [1.807, 2.05) is 0 Å². The molecule has 0 heterocycles. The summed E-state index contributed by atoms with van der Waals surface area (Å²) in [6.07, 6.45) is 6.13. The van der Waals surface area contributed by atoms with Gasteiger partial charge in [-0.25, -0.2) is 0 Å². The highest BCUT2D eigenvalue weighted by molar-refractivity contribution is 5.83. The molecule has 0 spiro atoms. The Morgan fingerprint density at radius 3 is 2.53 bits per heavy atom. The van der Waals surface area contributed by atoms with Crippen LogP contribution in [-0.4, -0.2) is 0 Å². The van der Waals surface area contributed by atoms with Gasteiger partial charge >= 0.3 is 0 Å². The lowest BCUT2D eigenvalue weighted by Gasteiger charge is -2.09. The third-order valence-corrected chi connectivity index (χ3v) is 4.55. The zero-order valence-corrected chi connectivity index (χ0v) is 11.3. The minimum atomic E-state index is 0.745. The molecular weight excluding hydrogens is 228 g/mol. The van der Waals surface area contributed by atoms with Crippen molar-refractivity contribution >= 4 is 5.57 Å². The smallest absolute Gasteiger partial charge is 0.000740 e. The van der Waals surface area contributed by atoms with Gasteiger partial charge in [-0.3, -0.25) is 0 Å². The quantitative estimate of drug-likeness (QED) is 0.562. The Morgan fingerprint density at radius 1 is 0.895 bits per heavy atom. The van der Waals surface area contributed by atoms with Crippen LogP contribution in [0, 0.1) is 5.92 Å². The van der Waals surface area contributed by atoms with Gasteiger partial charge in [0, 0.05) is 0 Å². The molecule has 19 heavy (non-hydrogen) atoms. The van der Waals surface area contributed by atoms with E-state index in [4.69, 9.17) is 0 Å². The van der Waals surface area contributed by atoms with Crippen LogP contribution in [-0.2, 0) is 6.42 Å². The van der Waals surface area contributed by atoms with Gasteiger partial charge in [-0.05, 0) is 58.6 Å². The predicted molar refractivity (Wildman–Crippen MR) is 81.1 cm³/mol. The first-order valence-corrected chi connectivity index (χ1v) is 7.24. The molecule has 0 fully saturated rings. The van der Waals surface area contributed by atoms with E-state index in [-0.39, 0.29) is 0 Å². The standard InChI is InChI=1S/C19H18/c1-13-9-10-15(11-13)17-7-4-8-18-16-6-3-2-5-14(16)12-19(17)18/h2-8,11,13H,9-10,12H2,1H3. The summed E-state index contributed by atoms with van der Waals surface area (Å²) in [7, 11) is 0. The van der Waals surface area contributed by atoms with Crippen molar-refractivity contribution in [3.05, 3.63) is 65.2 Å². The highest BCUT2D eigenvalue weighted by atomic mass is 14.3. The van der Waals surface area contributed by atoms with Crippen LogP contribution in [0.25, 0.3) is 16.7 Å². The lowest BCUT2D eigenvalue weighted by Crippen LogP contribution is -1.90. The first kappa shape index (κ1) is 11.0. The molecule has 2 aliphatic carbocycles. The van der Waals surface area contributed by atoms with E-state index in [1.54, 1.807) is 11.1 Å². The number of rotatable bonds is 1. The van der Waals surface area contributed by atoms with Crippen molar-refractivity contribution in [3.8, 4) is 11.1 Å². The Hall–Kier alpha value is -1.82. The number of fused-ring (bicyclic) bond motifs is 3. The minimum Gasteiger partial charge on any atom is -0.0779 e. The molecule has 0 N–H and O–H groups in total. The van der Waals surface area contributed by atoms with E-state index in [1.165, 1.54) is 35.1 Å². The fraction of sp³-hybridized carbons (Fsp3) is 0.263. The van der Waals surface area contributed by atoms with Crippen molar-refractivity contribution in [2.24, 2.45) is 5.92 Å². The Morgan fingerprint density at radius 2 is 1.68 bits per heavy atom. The zero-order valence-electron chi connectivity index (χ0n) is 11.3. The fourth-order valence-electron chi connectivity index (χ4n) is 3.58. The molecule has 1 atom stereocenters. The molecule has 0 saturated carbocycles. The van der Waals surface area contributed by atoms with Crippen LogP contribution in [0.2, 0.25) is 0 Å². The summed E-state index contributed by atoms with van der Waals surface area (Å²) in [6.45, 7) is 2.32. The summed E-state index contributed by atoms with van der Waals surface area (Å²) in [5.41, 5.74) is 8.98. The first-order chi connectivity index (χ1) is 9.33. The van der Waals surface area contributed by atoms with Gasteiger partial charge in [-0.2, -0.15) is 0 Å². The monoisotopic (exact) mass is 246 g/mol. The van der Waals surface area contributed by atoms with Crippen LogP contribution in [0.15, 0.2) is 48.5 Å². The Labute approximate surface area is 114 Å². The molecule has 0 heteroatoms. The lowest BCUT2D eigenvalue weighted by molar-refractivity contribution is 0.703. The van der Waals surface area contributed by atoms with Gasteiger partial charge in [0.15, 0.2) is 0 Å². The molecular formula is C19H18. The normalized spacial score (nSPS) is 20.1. The third-order valence-electron chi connectivity index (χ3n) is 4.55. The van der Waals surface area contributed by atoms with Gasteiger partial charge in [0.05, 0.1) is 0 Å². The molecule has 2 aliphatic rings. The van der Waals surface area contributed by atoms with Gasteiger partial charge < -0.3 is 0 Å². The maximum Gasteiger partial charge on any atom is -0.000740 e. The molecule has 0 radical (unpaired) electrons. The predicted octanol–water partition coefficient (Wildman–Crippen LogP) is 5.07. The molecule has 4 rings (SSSR count).